The molecule has 1 rings (SSSR count). The maximum absolute atomic E-state index is 13.0. The van der Waals surface area contributed by atoms with Crippen molar-refractivity contribution in [3.8, 4) is 0 Å². The first-order valence-electron chi connectivity index (χ1n) is 4.83. The SMILES string of the molecule is CN1CCCCC1CC(F)(F)CN. The van der Waals surface area contributed by atoms with Crippen LogP contribution in [0.2, 0.25) is 0 Å². The van der Waals surface area contributed by atoms with Crippen LogP contribution in [0.4, 0.5) is 8.78 Å². The van der Waals surface area contributed by atoms with Crippen molar-refractivity contribution >= 4 is 0 Å². The number of alkyl halides is 2. The molecule has 0 bridgehead atoms. The predicted molar refractivity (Wildman–Crippen MR) is 48.9 cm³/mol. The topological polar surface area (TPSA) is 29.3 Å². The molecule has 78 valence electrons. The molecule has 1 fully saturated rings. The first kappa shape index (κ1) is 10.9. The minimum absolute atomic E-state index is 0.0206. The molecule has 0 amide bonds. The number of likely N-dealkylation sites (tertiary alicyclic amines) is 1. The van der Waals surface area contributed by atoms with Crippen molar-refractivity contribution in [2.75, 3.05) is 20.1 Å². The van der Waals surface area contributed by atoms with Crippen LogP contribution in [0, 0.1) is 0 Å². The summed E-state index contributed by atoms with van der Waals surface area (Å²) in [7, 11) is 1.91. The first-order valence-corrected chi connectivity index (χ1v) is 4.83. The molecular weight excluding hydrogens is 174 g/mol. The summed E-state index contributed by atoms with van der Waals surface area (Å²) in [5.74, 6) is -2.68. The predicted octanol–water partition coefficient (Wildman–Crippen LogP) is 1.45. The molecule has 0 saturated carbocycles. The van der Waals surface area contributed by atoms with E-state index in [0.29, 0.717) is 0 Å². The summed E-state index contributed by atoms with van der Waals surface area (Å²) in [4.78, 5) is 2.02. The highest BCUT2D eigenvalue weighted by atomic mass is 19.3. The second kappa shape index (κ2) is 4.33. The summed E-state index contributed by atoms with van der Waals surface area (Å²) >= 11 is 0. The Bertz CT molecular complexity index is 162. The van der Waals surface area contributed by atoms with Gasteiger partial charge in [-0.2, -0.15) is 0 Å². The van der Waals surface area contributed by atoms with E-state index in [0.717, 1.165) is 25.8 Å². The zero-order valence-electron chi connectivity index (χ0n) is 8.10. The van der Waals surface area contributed by atoms with Crippen molar-refractivity contribution < 1.29 is 8.78 Å². The molecule has 2 nitrogen and oxygen atoms in total. The smallest absolute Gasteiger partial charge is 0.261 e. The van der Waals surface area contributed by atoms with Gasteiger partial charge in [0.25, 0.3) is 5.92 Å². The molecule has 1 unspecified atom stereocenters. The third-order valence-electron chi connectivity index (χ3n) is 2.75. The van der Waals surface area contributed by atoms with E-state index in [9.17, 15) is 8.78 Å². The molecule has 4 heteroatoms. The van der Waals surface area contributed by atoms with Gasteiger partial charge in [-0.1, -0.05) is 6.42 Å². The molecule has 13 heavy (non-hydrogen) atoms. The second-order valence-electron chi connectivity index (χ2n) is 3.89. The van der Waals surface area contributed by atoms with Crippen LogP contribution in [0.3, 0.4) is 0 Å². The van der Waals surface area contributed by atoms with Crippen molar-refractivity contribution in [1.29, 1.82) is 0 Å². The molecule has 0 radical (unpaired) electrons. The van der Waals surface area contributed by atoms with Crippen LogP contribution in [-0.2, 0) is 0 Å². The minimum atomic E-state index is -2.68. The molecule has 1 heterocycles. The quantitative estimate of drug-likeness (QED) is 0.733. The molecule has 1 atom stereocenters. The Labute approximate surface area is 78.1 Å². The molecule has 2 N–H and O–H groups in total. The van der Waals surface area contributed by atoms with Crippen LogP contribution in [0.25, 0.3) is 0 Å². The molecule has 0 aromatic carbocycles. The monoisotopic (exact) mass is 192 g/mol. The largest absolute Gasteiger partial charge is 0.325 e. The van der Waals surface area contributed by atoms with Crippen molar-refractivity contribution in [3.63, 3.8) is 0 Å². The van der Waals surface area contributed by atoms with Crippen LogP contribution in [0.15, 0.2) is 0 Å². The third kappa shape index (κ3) is 3.19. The van der Waals surface area contributed by atoms with Crippen LogP contribution >= 0.6 is 0 Å². The fourth-order valence-corrected chi connectivity index (χ4v) is 1.83. The summed E-state index contributed by atoms with van der Waals surface area (Å²) in [6.07, 6.45) is 2.99. The molecule has 1 saturated heterocycles. The number of hydrogen-bond acceptors (Lipinski definition) is 2. The summed E-state index contributed by atoms with van der Waals surface area (Å²) in [6.45, 7) is 0.405. The van der Waals surface area contributed by atoms with E-state index in [2.05, 4.69) is 0 Å². The minimum Gasteiger partial charge on any atom is -0.325 e. The van der Waals surface area contributed by atoms with Crippen molar-refractivity contribution in [2.24, 2.45) is 5.73 Å². The van der Waals surface area contributed by atoms with E-state index in [-0.39, 0.29) is 12.5 Å². The van der Waals surface area contributed by atoms with E-state index >= 15 is 0 Å². The van der Waals surface area contributed by atoms with Crippen LogP contribution in [0.1, 0.15) is 25.7 Å². The van der Waals surface area contributed by atoms with Gasteiger partial charge < -0.3 is 10.6 Å². The summed E-state index contributed by atoms with van der Waals surface area (Å²) in [6, 6.07) is 0.0206. The highest BCUT2D eigenvalue weighted by molar-refractivity contribution is 4.81. The van der Waals surface area contributed by atoms with Gasteiger partial charge in [-0.05, 0) is 26.4 Å². The van der Waals surface area contributed by atoms with E-state index in [4.69, 9.17) is 5.73 Å². The molecule has 1 aliphatic rings. The van der Waals surface area contributed by atoms with E-state index in [1.165, 1.54) is 0 Å². The normalized spacial score (nSPS) is 26.3. The summed E-state index contributed by atoms with van der Waals surface area (Å²) in [5, 5.41) is 0. The molecule has 0 spiro atoms. The molecule has 0 aliphatic carbocycles. The Morgan fingerprint density at radius 2 is 2.15 bits per heavy atom. The number of rotatable bonds is 3. The van der Waals surface area contributed by atoms with Gasteiger partial charge in [0, 0.05) is 12.5 Å². The van der Waals surface area contributed by atoms with Gasteiger partial charge in [-0.25, -0.2) is 8.78 Å². The van der Waals surface area contributed by atoms with E-state index in [1.807, 2.05) is 11.9 Å². The van der Waals surface area contributed by atoms with Crippen molar-refractivity contribution in [2.45, 2.75) is 37.6 Å². The Kier molecular flexibility index (Phi) is 3.62. The van der Waals surface area contributed by atoms with Crippen molar-refractivity contribution in [3.05, 3.63) is 0 Å². The Morgan fingerprint density at radius 3 is 2.69 bits per heavy atom. The van der Waals surface area contributed by atoms with Gasteiger partial charge in [0.15, 0.2) is 0 Å². The van der Waals surface area contributed by atoms with Gasteiger partial charge in [0.1, 0.15) is 0 Å². The fourth-order valence-electron chi connectivity index (χ4n) is 1.83. The number of halogens is 2. The molecule has 1 aliphatic heterocycles. The number of nitrogens with two attached hydrogens (primary N) is 1. The number of piperidine rings is 1. The second-order valence-corrected chi connectivity index (χ2v) is 3.89. The number of hydrogen-bond donors (Lipinski definition) is 1. The lowest BCUT2D eigenvalue weighted by molar-refractivity contribution is -0.0273. The van der Waals surface area contributed by atoms with Gasteiger partial charge >= 0.3 is 0 Å². The fraction of sp³-hybridized carbons (Fsp3) is 1.00. The van der Waals surface area contributed by atoms with Gasteiger partial charge in [0.2, 0.25) is 0 Å². The van der Waals surface area contributed by atoms with E-state index < -0.39 is 12.5 Å². The lowest BCUT2D eigenvalue weighted by atomic mass is 9.97. The number of nitrogens with zero attached hydrogens (tertiary/aromatic N) is 1. The lowest BCUT2D eigenvalue weighted by Gasteiger charge is -2.34. The summed E-state index contributed by atoms with van der Waals surface area (Å²) in [5.41, 5.74) is 5.00. The van der Waals surface area contributed by atoms with E-state index in [1.54, 1.807) is 0 Å². The summed E-state index contributed by atoms with van der Waals surface area (Å²) < 4.78 is 25.9. The Morgan fingerprint density at radius 1 is 1.46 bits per heavy atom. The van der Waals surface area contributed by atoms with Crippen LogP contribution in [0.5, 0.6) is 0 Å². The average molecular weight is 192 g/mol. The zero-order valence-corrected chi connectivity index (χ0v) is 8.10. The Hall–Kier alpha value is -0.220. The first-order chi connectivity index (χ1) is 6.05. The van der Waals surface area contributed by atoms with Gasteiger partial charge in [-0.3, -0.25) is 0 Å². The molecule has 0 aromatic heterocycles. The lowest BCUT2D eigenvalue weighted by Crippen LogP contribution is -2.42. The average Bonchev–Trinajstić information content (AvgIpc) is 2.09. The van der Waals surface area contributed by atoms with Crippen LogP contribution < -0.4 is 5.73 Å². The maximum Gasteiger partial charge on any atom is 0.261 e. The van der Waals surface area contributed by atoms with Crippen molar-refractivity contribution in [1.82, 2.24) is 4.90 Å². The van der Waals surface area contributed by atoms with Gasteiger partial charge in [-0.15, -0.1) is 0 Å². The highest BCUT2D eigenvalue weighted by Gasteiger charge is 2.33. The molecular formula is C9H18F2N2. The van der Waals surface area contributed by atoms with Crippen LogP contribution in [-0.4, -0.2) is 37.0 Å². The molecule has 0 aromatic rings. The zero-order chi connectivity index (χ0) is 9.90. The maximum atomic E-state index is 13.0. The third-order valence-corrected chi connectivity index (χ3v) is 2.75. The highest BCUT2D eigenvalue weighted by Crippen LogP contribution is 2.26. The standard InChI is InChI=1S/C9H18F2N2/c1-13-5-3-2-4-8(13)6-9(10,11)7-12/h8H,2-7,12H2,1H3. The Balaban J connectivity index is 2.42. The van der Waals surface area contributed by atoms with Gasteiger partial charge in [0.05, 0.1) is 6.54 Å².